The first-order valence-corrected chi connectivity index (χ1v) is 7.32. The molecule has 0 aliphatic rings. The molecule has 1 aromatic rings. The van der Waals surface area contributed by atoms with Gasteiger partial charge in [-0.15, -0.1) is 0 Å². The molecule has 3 radical (unpaired) electrons. The van der Waals surface area contributed by atoms with Crippen molar-refractivity contribution in [2.24, 2.45) is 0 Å². The lowest BCUT2D eigenvalue weighted by Crippen LogP contribution is -2.29. The number of rotatable bonds is 11. The van der Waals surface area contributed by atoms with Gasteiger partial charge in [0.25, 0.3) is 0 Å². The van der Waals surface area contributed by atoms with E-state index in [2.05, 4.69) is 56.6 Å². The van der Waals surface area contributed by atoms with E-state index in [-0.39, 0.29) is 0 Å². The zero-order chi connectivity index (χ0) is 12.9. The van der Waals surface area contributed by atoms with Gasteiger partial charge in [0.05, 0.1) is 0 Å². The second-order valence-corrected chi connectivity index (χ2v) is 4.73. The predicted octanol–water partition coefficient (Wildman–Crippen LogP) is 1.90. The van der Waals surface area contributed by atoms with E-state index in [4.69, 9.17) is 0 Å². The average Bonchev–Trinajstić information content (AvgIpc) is 2.42. The Morgan fingerprint density at radius 3 is 2.22 bits per heavy atom. The van der Waals surface area contributed by atoms with Crippen LogP contribution in [0.3, 0.4) is 0 Å². The fraction of sp³-hybridized carbons (Fsp3) is 0.571. The average molecular weight is 262 g/mol. The smallest absolute Gasteiger partial charge is 0.161 e. The van der Waals surface area contributed by atoms with Crippen LogP contribution in [0.15, 0.2) is 30.3 Å². The van der Waals surface area contributed by atoms with Gasteiger partial charge in [0, 0.05) is 13.1 Å². The van der Waals surface area contributed by atoms with E-state index >= 15 is 0 Å². The fourth-order valence-electron chi connectivity index (χ4n) is 1.88. The van der Waals surface area contributed by atoms with Crippen LogP contribution in [0.1, 0.15) is 37.7 Å². The molecule has 0 fully saturated rings. The van der Waals surface area contributed by atoms with Gasteiger partial charge in [-0.1, -0.05) is 49.6 Å². The van der Waals surface area contributed by atoms with Gasteiger partial charge in [-0.25, -0.2) is 0 Å². The van der Waals surface area contributed by atoms with Crippen LogP contribution in [0.4, 0.5) is 0 Å². The van der Waals surface area contributed by atoms with Crippen molar-refractivity contribution in [1.82, 2.24) is 15.8 Å². The van der Waals surface area contributed by atoms with E-state index in [9.17, 15) is 0 Å². The minimum Gasteiger partial charge on any atom is -0.313 e. The van der Waals surface area contributed by atoms with Crippen molar-refractivity contribution in [3.05, 3.63) is 35.9 Å². The molecular formula is C14H24N3Si. The summed E-state index contributed by atoms with van der Waals surface area (Å²) in [7, 11) is 3.15. The normalized spacial score (nSPS) is 10.7. The summed E-state index contributed by atoms with van der Waals surface area (Å²) in [4.78, 5) is 0. The van der Waals surface area contributed by atoms with E-state index < -0.39 is 0 Å². The van der Waals surface area contributed by atoms with E-state index in [1.807, 2.05) is 0 Å². The number of nitrogens with one attached hydrogen (secondary N) is 3. The van der Waals surface area contributed by atoms with E-state index in [1.54, 1.807) is 0 Å². The van der Waals surface area contributed by atoms with Gasteiger partial charge in [0.1, 0.15) is 0 Å². The van der Waals surface area contributed by atoms with Gasteiger partial charge < -0.3 is 5.32 Å². The number of benzene rings is 1. The quantitative estimate of drug-likeness (QED) is 0.324. The van der Waals surface area contributed by atoms with Crippen molar-refractivity contribution in [3.63, 3.8) is 0 Å². The molecule has 0 atom stereocenters. The molecule has 1 aromatic carbocycles. The Morgan fingerprint density at radius 2 is 1.50 bits per heavy atom. The predicted molar refractivity (Wildman–Crippen MR) is 78.1 cm³/mol. The highest BCUT2D eigenvalue weighted by Gasteiger charge is 1.92. The molecule has 0 heterocycles. The molecule has 1 rings (SSSR count). The number of hydrogen-bond acceptors (Lipinski definition) is 3. The molecule has 3 N–H and O–H groups in total. The molecule has 3 nitrogen and oxygen atoms in total. The maximum Gasteiger partial charge on any atom is 0.161 e. The van der Waals surface area contributed by atoms with Crippen molar-refractivity contribution >= 4 is 10.4 Å². The topological polar surface area (TPSA) is 36.1 Å². The van der Waals surface area contributed by atoms with Gasteiger partial charge in [0.2, 0.25) is 0 Å². The third-order valence-corrected chi connectivity index (χ3v) is 3.09. The molecule has 0 amide bonds. The largest absolute Gasteiger partial charge is 0.313 e. The fourth-order valence-corrected chi connectivity index (χ4v) is 2.01. The van der Waals surface area contributed by atoms with Crippen molar-refractivity contribution in [1.29, 1.82) is 0 Å². The molecule has 0 aromatic heterocycles. The molecule has 0 unspecified atom stereocenters. The Kier molecular flexibility index (Phi) is 9.75. The van der Waals surface area contributed by atoms with Crippen molar-refractivity contribution in [3.8, 4) is 0 Å². The summed E-state index contributed by atoms with van der Waals surface area (Å²) in [5, 5.41) is 6.23. The Bertz CT molecular complexity index is 280. The first-order chi connectivity index (χ1) is 8.93. The van der Waals surface area contributed by atoms with Gasteiger partial charge in [0.15, 0.2) is 10.4 Å². The maximum absolute atomic E-state index is 3.48. The highest BCUT2D eigenvalue weighted by Crippen LogP contribution is 2.02. The number of unbranched alkanes of at least 4 members (excludes halogenated alkanes) is 4. The molecule has 0 saturated carbocycles. The van der Waals surface area contributed by atoms with Crippen LogP contribution in [0.25, 0.3) is 0 Å². The highest BCUT2D eigenvalue weighted by molar-refractivity contribution is 6.03. The first kappa shape index (κ1) is 15.4. The minimum absolute atomic E-state index is 0.988. The summed E-state index contributed by atoms with van der Waals surface area (Å²) in [5.41, 5.74) is 4.40. The standard InChI is InChI=1S/C14H24N3Si/c18-17-16-12-8-3-1-2-7-11-15-13-14-9-5-4-6-10-14/h4-6,9-10,15-17H,1-3,7-8,11-13H2. The van der Waals surface area contributed by atoms with Gasteiger partial charge in [-0.3, -0.25) is 10.5 Å². The summed E-state index contributed by atoms with van der Waals surface area (Å²) in [6.07, 6.45) is 6.46. The SMILES string of the molecule is [Si]NNCCCCCCCNCc1ccccc1. The van der Waals surface area contributed by atoms with Crippen molar-refractivity contribution in [2.45, 2.75) is 38.6 Å². The lowest BCUT2D eigenvalue weighted by Gasteiger charge is -2.05. The summed E-state index contributed by atoms with van der Waals surface area (Å²) in [6.45, 7) is 3.13. The lowest BCUT2D eigenvalue weighted by molar-refractivity contribution is 0.551. The monoisotopic (exact) mass is 262 g/mol. The molecule has 0 aliphatic carbocycles. The summed E-state index contributed by atoms with van der Waals surface area (Å²) in [6, 6.07) is 10.6. The molecule has 0 aliphatic heterocycles. The summed E-state index contributed by atoms with van der Waals surface area (Å²) >= 11 is 0. The summed E-state index contributed by atoms with van der Waals surface area (Å²) < 4.78 is 0. The number of hydrogen-bond donors (Lipinski definition) is 3. The zero-order valence-corrected chi connectivity index (χ0v) is 12.0. The number of hydrazine groups is 1. The van der Waals surface area contributed by atoms with E-state index in [0.717, 1.165) is 19.6 Å². The van der Waals surface area contributed by atoms with Crippen LogP contribution < -0.4 is 15.8 Å². The zero-order valence-electron chi connectivity index (χ0n) is 11.0. The lowest BCUT2D eigenvalue weighted by atomic mass is 10.1. The molecule has 0 spiro atoms. The van der Waals surface area contributed by atoms with Crippen molar-refractivity contribution < 1.29 is 0 Å². The molecule has 0 bridgehead atoms. The Morgan fingerprint density at radius 1 is 0.833 bits per heavy atom. The van der Waals surface area contributed by atoms with Crippen LogP contribution in [0, 0.1) is 0 Å². The Balaban J connectivity index is 1.82. The van der Waals surface area contributed by atoms with Crippen LogP contribution in [0.2, 0.25) is 0 Å². The third kappa shape index (κ3) is 8.41. The Hall–Kier alpha value is -0.683. The maximum atomic E-state index is 3.48. The van der Waals surface area contributed by atoms with E-state index in [1.165, 1.54) is 37.7 Å². The second kappa shape index (κ2) is 11.4. The van der Waals surface area contributed by atoms with Crippen LogP contribution in [-0.2, 0) is 6.54 Å². The molecule has 4 heteroatoms. The molecule has 99 valence electrons. The Labute approximate surface area is 114 Å². The second-order valence-electron chi connectivity index (χ2n) is 4.48. The van der Waals surface area contributed by atoms with Gasteiger partial charge in [-0.2, -0.15) is 0 Å². The molecule has 0 saturated heterocycles. The third-order valence-electron chi connectivity index (χ3n) is 2.92. The van der Waals surface area contributed by atoms with Crippen LogP contribution in [0.5, 0.6) is 0 Å². The first-order valence-electron chi connectivity index (χ1n) is 6.82. The molecule has 18 heavy (non-hydrogen) atoms. The molecular weight excluding hydrogens is 238 g/mol. The van der Waals surface area contributed by atoms with Crippen LogP contribution >= 0.6 is 0 Å². The van der Waals surface area contributed by atoms with E-state index in [0.29, 0.717) is 0 Å². The van der Waals surface area contributed by atoms with Crippen molar-refractivity contribution in [2.75, 3.05) is 13.1 Å². The van der Waals surface area contributed by atoms with Gasteiger partial charge in [-0.05, 0) is 24.9 Å². The summed E-state index contributed by atoms with van der Waals surface area (Å²) in [5.74, 6) is 0. The minimum atomic E-state index is 0.988. The van der Waals surface area contributed by atoms with Crippen LogP contribution in [-0.4, -0.2) is 23.5 Å². The van der Waals surface area contributed by atoms with Gasteiger partial charge >= 0.3 is 0 Å². The highest BCUT2D eigenvalue weighted by atomic mass is 28.2.